The lowest BCUT2D eigenvalue weighted by molar-refractivity contribution is 0.0566. The number of halogens is 3. The molecule has 10 heteroatoms. The summed E-state index contributed by atoms with van der Waals surface area (Å²) in [7, 11) is 0. The van der Waals surface area contributed by atoms with Crippen LogP contribution in [0, 0.1) is 11.2 Å². The maximum Gasteiger partial charge on any atom is 0.333 e. The van der Waals surface area contributed by atoms with E-state index >= 15 is 0 Å². The van der Waals surface area contributed by atoms with E-state index in [4.69, 9.17) is 9.73 Å². The van der Waals surface area contributed by atoms with Gasteiger partial charge < -0.3 is 9.64 Å². The molecule has 0 unspecified atom stereocenters. The predicted molar refractivity (Wildman–Crippen MR) is 149 cm³/mol. The van der Waals surface area contributed by atoms with Crippen LogP contribution in [0.2, 0.25) is 0 Å². The van der Waals surface area contributed by atoms with Crippen LogP contribution < -0.4 is 9.64 Å². The van der Waals surface area contributed by atoms with Gasteiger partial charge in [0.05, 0.1) is 18.5 Å². The van der Waals surface area contributed by atoms with Gasteiger partial charge in [0, 0.05) is 60.1 Å². The molecule has 1 fully saturated rings. The van der Waals surface area contributed by atoms with Gasteiger partial charge >= 0.3 is 6.55 Å². The molecule has 0 amide bonds. The van der Waals surface area contributed by atoms with E-state index in [1.165, 1.54) is 12.4 Å². The Morgan fingerprint density at radius 1 is 1.10 bits per heavy atom. The van der Waals surface area contributed by atoms with Crippen molar-refractivity contribution in [2.24, 2.45) is 10.4 Å². The van der Waals surface area contributed by atoms with Crippen LogP contribution in [0.1, 0.15) is 69.0 Å². The molecule has 0 radical (unpaired) electrons. The summed E-state index contributed by atoms with van der Waals surface area (Å²) in [5, 5.41) is 3.78. The van der Waals surface area contributed by atoms with E-state index in [0.29, 0.717) is 29.7 Å². The maximum atomic E-state index is 14.6. The number of fused-ring (bicyclic) bond motifs is 1. The van der Waals surface area contributed by atoms with E-state index in [9.17, 15) is 13.2 Å². The second-order valence-corrected chi connectivity index (χ2v) is 10.8. The number of nitrogens with zero attached hydrogens (tertiary/aromatic N) is 6. The van der Waals surface area contributed by atoms with E-state index in [-0.39, 0.29) is 17.0 Å². The van der Waals surface area contributed by atoms with Crippen LogP contribution in [-0.4, -0.2) is 45.2 Å². The van der Waals surface area contributed by atoms with Crippen LogP contribution in [0.15, 0.2) is 47.6 Å². The molecule has 0 N–H and O–H groups in total. The van der Waals surface area contributed by atoms with Crippen LogP contribution in [0.25, 0.3) is 17.2 Å². The highest BCUT2D eigenvalue weighted by molar-refractivity contribution is 6.03. The SMILES string of the molecule is CCOc1ccc(C2=C(C)N=C(C3(C)CCN(c4ncnc5c4C=C(c4cnn(C(F)F)c4)C5)CC3)C2)cc1F. The van der Waals surface area contributed by atoms with E-state index < -0.39 is 6.55 Å². The Morgan fingerprint density at radius 3 is 2.60 bits per heavy atom. The lowest BCUT2D eigenvalue weighted by atomic mass is 9.74. The summed E-state index contributed by atoms with van der Waals surface area (Å²) in [5.41, 5.74) is 7.31. The minimum Gasteiger partial charge on any atom is -0.491 e. The van der Waals surface area contributed by atoms with Gasteiger partial charge in [0.1, 0.15) is 12.1 Å². The van der Waals surface area contributed by atoms with Crippen molar-refractivity contribution < 1.29 is 17.9 Å². The van der Waals surface area contributed by atoms with Crippen molar-refractivity contribution >= 4 is 28.8 Å². The van der Waals surface area contributed by atoms with Crippen molar-refractivity contribution in [2.75, 3.05) is 24.6 Å². The highest BCUT2D eigenvalue weighted by Crippen LogP contribution is 2.43. The highest BCUT2D eigenvalue weighted by Gasteiger charge is 2.38. The molecule has 2 aromatic heterocycles. The average molecular weight is 549 g/mol. The number of benzene rings is 1. The van der Waals surface area contributed by atoms with E-state index in [2.05, 4.69) is 26.9 Å². The molecule has 0 saturated carbocycles. The number of rotatable bonds is 7. The standard InChI is InChI=1S/C30H31F3N6O/c1-4-40-26-6-5-19(12-24(26)31)22-14-27(37-18(22)2)30(3)7-9-38(10-8-30)28-23-11-20(13-25(23)34-17-35-28)21-15-36-39(16-21)29(32)33/h5-6,11-12,15-17,29H,4,7-10,13-14H2,1-3H3. The molecule has 0 spiro atoms. The topological polar surface area (TPSA) is 68.4 Å². The van der Waals surface area contributed by atoms with Crippen LogP contribution in [0.3, 0.4) is 0 Å². The number of hydrogen-bond donors (Lipinski definition) is 0. The highest BCUT2D eigenvalue weighted by atomic mass is 19.3. The number of piperidine rings is 1. The van der Waals surface area contributed by atoms with Gasteiger partial charge in [0.2, 0.25) is 0 Å². The number of aliphatic imine (C=N–C) groups is 1. The fourth-order valence-corrected chi connectivity index (χ4v) is 5.89. The smallest absolute Gasteiger partial charge is 0.333 e. The summed E-state index contributed by atoms with van der Waals surface area (Å²) in [5.74, 6) is 0.783. The molecule has 3 aliphatic rings. The van der Waals surface area contributed by atoms with Crippen molar-refractivity contribution in [3.05, 3.63) is 70.8 Å². The minimum atomic E-state index is -2.67. The molecule has 6 rings (SSSR count). The van der Waals surface area contributed by atoms with Crippen LogP contribution in [0.5, 0.6) is 5.75 Å². The molecule has 40 heavy (non-hydrogen) atoms. The van der Waals surface area contributed by atoms with Gasteiger partial charge in [0.25, 0.3) is 0 Å². The van der Waals surface area contributed by atoms with Crippen molar-refractivity contribution in [3.8, 4) is 5.75 Å². The van der Waals surface area contributed by atoms with Gasteiger partial charge in [0.15, 0.2) is 11.6 Å². The van der Waals surface area contributed by atoms with E-state index in [0.717, 1.165) is 71.1 Å². The van der Waals surface area contributed by atoms with Gasteiger partial charge in [-0.15, -0.1) is 0 Å². The zero-order valence-corrected chi connectivity index (χ0v) is 22.8. The average Bonchev–Trinajstić information content (AvgIpc) is 3.68. The Morgan fingerprint density at radius 2 is 1.90 bits per heavy atom. The minimum absolute atomic E-state index is 0.0790. The number of alkyl halides is 2. The second-order valence-electron chi connectivity index (χ2n) is 10.8. The molecular weight excluding hydrogens is 517 g/mol. The van der Waals surface area contributed by atoms with Gasteiger partial charge in [-0.1, -0.05) is 13.0 Å². The molecule has 1 aliphatic carbocycles. The van der Waals surface area contributed by atoms with Crippen molar-refractivity contribution in [3.63, 3.8) is 0 Å². The zero-order valence-electron chi connectivity index (χ0n) is 22.8. The molecular formula is C30H31F3N6O. The third-order valence-electron chi connectivity index (χ3n) is 8.32. The summed E-state index contributed by atoms with van der Waals surface area (Å²) in [6, 6.07) is 5.15. The number of allylic oxidation sites excluding steroid dienone is 3. The molecule has 208 valence electrons. The third-order valence-corrected chi connectivity index (χ3v) is 8.32. The fraction of sp³-hybridized carbons (Fsp3) is 0.400. The zero-order chi connectivity index (χ0) is 28.0. The predicted octanol–water partition coefficient (Wildman–Crippen LogP) is 6.59. The van der Waals surface area contributed by atoms with Gasteiger partial charge in [-0.3, -0.25) is 4.99 Å². The maximum absolute atomic E-state index is 14.6. The van der Waals surface area contributed by atoms with Gasteiger partial charge in [-0.05, 0) is 61.6 Å². The first-order valence-corrected chi connectivity index (χ1v) is 13.6. The van der Waals surface area contributed by atoms with Crippen molar-refractivity contribution in [1.82, 2.24) is 19.7 Å². The molecule has 7 nitrogen and oxygen atoms in total. The van der Waals surface area contributed by atoms with Crippen molar-refractivity contribution in [1.29, 1.82) is 0 Å². The number of hydrogen-bond acceptors (Lipinski definition) is 6. The number of ether oxygens (including phenoxy) is 1. The van der Waals surface area contributed by atoms with Crippen molar-refractivity contribution in [2.45, 2.75) is 53.0 Å². The summed E-state index contributed by atoms with van der Waals surface area (Å²) in [6.07, 6.45) is 9.49. The quantitative estimate of drug-likeness (QED) is 0.333. The Hall–Kier alpha value is -3.95. The first-order valence-electron chi connectivity index (χ1n) is 13.6. The Bertz CT molecular complexity index is 1550. The number of aromatic nitrogens is 4. The summed E-state index contributed by atoms with van der Waals surface area (Å²) in [6.45, 7) is 5.45. The molecule has 1 aromatic carbocycles. The van der Waals surface area contributed by atoms with Gasteiger partial charge in [-0.2, -0.15) is 13.9 Å². The second kappa shape index (κ2) is 10.2. The first kappa shape index (κ1) is 26.3. The van der Waals surface area contributed by atoms with Gasteiger partial charge in [-0.25, -0.2) is 19.0 Å². The van der Waals surface area contributed by atoms with E-state index in [1.807, 2.05) is 26.0 Å². The first-order chi connectivity index (χ1) is 19.3. The molecule has 1 saturated heterocycles. The molecule has 0 atom stereocenters. The lowest BCUT2D eigenvalue weighted by Crippen LogP contribution is -2.43. The molecule has 4 heterocycles. The summed E-state index contributed by atoms with van der Waals surface area (Å²) < 4.78 is 46.6. The molecule has 2 aliphatic heterocycles. The summed E-state index contributed by atoms with van der Waals surface area (Å²) >= 11 is 0. The Kier molecular flexibility index (Phi) is 6.72. The van der Waals surface area contributed by atoms with Crippen LogP contribution >= 0.6 is 0 Å². The summed E-state index contributed by atoms with van der Waals surface area (Å²) in [4.78, 5) is 16.3. The molecule has 0 bridgehead atoms. The van der Waals surface area contributed by atoms with Crippen LogP contribution in [0.4, 0.5) is 19.0 Å². The largest absolute Gasteiger partial charge is 0.491 e. The molecule has 3 aromatic rings. The lowest BCUT2D eigenvalue weighted by Gasteiger charge is -2.40. The normalized spacial score (nSPS) is 18.3. The van der Waals surface area contributed by atoms with E-state index in [1.54, 1.807) is 18.5 Å². The fourth-order valence-electron chi connectivity index (χ4n) is 5.89. The van der Waals surface area contributed by atoms with Crippen LogP contribution in [-0.2, 0) is 6.42 Å². The Balaban J connectivity index is 1.15. The Labute approximate surface area is 231 Å². The number of anilines is 1. The monoisotopic (exact) mass is 548 g/mol. The third kappa shape index (κ3) is 4.69.